The van der Waals surface area contributed by atoms with Crippen LogP contribution in [0.4, 0.5) is 13.2 Å². The van der Waals surface area contributed by atoms with E-state index in [1.807, 2.05) is 13.8 Å². The van der Waals surface area contributed by atoms with E-state index in [2.05, 4.69) is 5.32 Å². The molecule has 1 unspecified atom stereocenters. The highest BCUT2D eigenvalue weighted by Crippen LogP contribution is 2.38. The summed E-state index contributed by atoms with van der Waals surface area (Å²) in [6.45, 7) is 7.12. The molecule has 2 aromatic carbocycles. The third-order valence-corrected chi connectivity index (χ3v) is 5.18. The zero-order valence-electron chi connectivity index (χ0n) is 16.5. The molecule has 1 amide bonds. The van der Waals surface area contributed by atoms with E-state index in [1.165, 1.54) is 30.3 Å². The van der Waals surface area contributed by atoms with Crippen molar-refractivity contribution in [1.82, 2.24) is 5.32 Å². The first kappa shape index (κ1) is 23.3. The van der Waals surface area contributed by atoms with Gasteiger partial charge in [-0.25, -0.2) is 0 Å². The van der Waals surface area contributed by atoms with Gasteiger partial charge in [0.25, 0.3) is 5.91 Å². The van der Waals surface area contributed by atoms with E-state index >= 15 is 0 Å². The van der Waals surface area contributed by atoms with Gasteiger partial charge in [0.1, 0.15) is 0 Å². The average Bonchev–Trinajstić information content (AvgIpc) is 2.57. The van der Waals surface area contributed by atoms with E-state index in [0.29, 0.717) is 16.1 Å². The molecule has 0 aromatic heterocycles. The predicted molar refractivity (Wildman–Crippen MR) is 113 cm³/mol. The van der Waals surface area contributed by atoms with Gasteiger partial charge >= 0.3 is 6.18 Å². The van der Waals surface area contributed by atoms with Crippen molar-refractivity contribution < 1.29 is 18.0 Å². The topological polar surface area (TPSA) is 29.1 Å². The van der Waals surface area contributed by atoms with Crippen LogP contribution in [-0.4, -0.2) is 18.1 Å². The highest BCUT2D eigenvalue weighted by Gasteiger charge is 2.39. The summed E-state index contributed by atoms with van der Waals surface area (Å²) in [5.41, 5.74) is 2.24. The fraction of sp³-hybridized carbons (Fsp3) is 0.318. The van der Waals surface area contributed by atoms with E-state index in [4.69, 9.17) is 23.2 Å². The molecule has 156 valence electrons. The Labute approximate surface area is 178 Å². The fourth-order valence-electron chi connectivity index (χ4n) is 2.80. The molecule has 29 heavy (non-hydrogen) atoms. The Balaban J connectivity index is 2.35. The summed E-state index contributed by atoms with van der Waals surface area (Å²) in [6.07, 6.45) is -2.07. The van der Waals surface area contributed by atoms with Crippen molar-refractivity contribution in [3.05, 3.63) is 74.3 Å². The molecule has 0 fully saturated rings. The summed E-state index contributed by atoms with van der Waals surface area (Å²) in [5.74, 6) is -2.15. The Bertz CT molecular complexity index is 913. The highest BCUT2D eigenvalue weighted by atomic mass is 35.5. The van der Waals surface area contributed by atoms with E-state index in [-0.39, 0.29) is 28.1 Å². The van der Waals surface area contributed by atoms with Gasteiger partial charge in [-0.3, -0.25) is 4.79 Å². The summed E-state index contributed by atoms with van der Waals surface area (Å²) < 4.78 is 41.0. The number of hydrogen-bond acceptors (Lipinski definition) is 1. The molecule has 0 bridgehead atoms. The van der Waals surface area contributed by atoms with Crippen molar-refractivity contribution in [2.75, 3.05) is 0 Å². The quantitative estimate of drug-likeness (QED) is 0.523. The number of aryl methyl sites for hydroxylation is 1. The number of hydrogen-bond donors (Lipinski definition) is 1. The minimum Gasteiger partial charge on any atom is -0.350 e. The lowest BCUT2D eigenvalue weighted by molar-refractivity contribution is -0.139. The number of halogens is 5. The smallest absolute Gasteiger partial charge is 0.350 e. The third-order valence-electron chi connectivity index (χ3n) is 4.48. The van der Waals surface area contributed by atoms with Crippen LogP contribution in [0.15, 0.2) is 36.4 Å². The van der Waals surface area contributed by atoms with E-state index in [0.717, 1.165) is 11.6 Å². The molecule has 0 aliphatic rings. The SMILES string of the molecule is Cc1cc(C(/C=C/c2ccc(C(=O)NC(C)C)c(Cl)c2)C(F)(F)F)cc(Cl)c1C. The van der Waals surface area contributed by atoms with Crippen molar-refractivity contribution in [2.45, 2.75) is 45.8 Å². The maximum Gasteiger partial charge on any atom is 0.399 e. The second kappa shape index (κ2) is 9.23. The molecule has 1 N–H and O–H groups in total. The lowest BCUT2D eigenvalue weighted by Gasteiger charge is -2.19. The lowest BCUT2D eigenvalue weighted by atomic mass is 9.94. The van der Waals surface area contributed by atoms with Crippen molar-refractivity contribution >= 4 is 35.2 Å². The van der Waals surface area contributed by atoms with Gasteiger partial charge < -0.3 is 5.32 Å². The van der Waals surface area contributed by atoms with Gasteiger partial charge in [0.2, 0.25) is 0 Å². The van der Waals surface area contributed by atoms with Gasteiger partial charge in [-0.05, 0) is 68.1 Å². The molecule has 0 radical (unpaired) electrons. The van der Waals surface area contributed by atoms with Crippen molar-refractivity contribution in [3.8, 4) is 0 Å². The number of rotatable bonds is 5. The number of carbonyl (C=O) groups is 1. The van der Waals surface area contributed by atoms with Gasteiger partial charge in [0.15, 0.2) is 0 Å². The Kier molecular flexibility index (Phi) is 7.41. The van der Waals surface area contributed by atoms with Gasteiger partial charge in [-0.1, -0.05) is 47.5 Å². The van der Waals surface area contributed by atoms with Crippen molar-refractivity contribution in [3.63, 3.8) is 0 Å². The van der Waals surface area contributed by atoms with Gasteiger partial charge in [0, 0.05) is 11.1 Å². The van der Waals surface area contributed by atoms with Crippen LogP contribution >= 0.6 is 23.2 Å². The molecular weight excluding hydrogens is 422 g/mol. The Morgan fingerprint density at radius 2 is 1.72 bits per heavy atom. The van der Waals surface area contributed by atoms with E-state index in [9.17, 15) is 18.0 Å². The molecule has 2 rings (SSSR count). The molecule has 0 aliphatic carbocycles. The number of alkyl halides is 3. The summed E-state index contributed by atoms with van der Waals surface area (Å²) in [4.78, 5) is 12.1. The van der Waals surface area contributed by atoms with Crippen LogP contribution in [0.1, 0.15) is 52.4 Å². The minimum atomic E-state index is -4.48. The first-order valence-electron chi connectivity index (χ1n) is 9.02. The molecule has 2 nitrogen and oxygen atoms in total. The standard InChI is InChI=1S/C22H22Cl2F3NO/c1-12(2)28-21(29)17-7-5-15(10-20(17)24)6-8-18(22(25,26)27)16-9-13(3)14(4)19(23)11-16/h5-12,18H,1-4H3,(H,28,29)/b8-6+. The second-order valence-electron chi connectivity index (χ2n) is 7.19. The van der Waals surface area contributed by atoms with E-state index < -0.39 is 12.1 Å². The normalized spacial score (nSPS) is 13.2. The van der Waals surface area contributed by atoms with Crippen LogP contribution in [0.2, 0.25) is 10.0 Å². The monoisotopic (exact) mass is 443 g/mol. The Morgan fingerprint density at radius 1 is 1.07 bits per heavy atom. The zero-order chi connectivity index (χ0) is 21.9. The summed E-state index contributed by atoms with van der Waals surface area (Å²) >= 11 is 12.2. The fourth-order valence-corrected chi connectivity index (χ4v) is 3.35. The van der Waals surface area contributed by atoms with Crippen molar-refractivity contribution in [1.29, 1.82) is 0 Å². The third kappa shape index (κ3) is 6.00. The first-order chi connectivity index (χ1) is 13.4. The number of carbonyl (C=O) groups excluding carboxylic acids is 1. The van der Waals surface area contributed by atoms with Crippen LogP contribution in [0.25, 0.3) is 6.08 Å². The molecule has 0 spiro atoms. The number of allylic oxidation sites excluding steroid dienone is 1. The molecular formula is C22H22Cl2F3NO. The van der Waals surface area contributed by atoms with E-state index in [1.54, 1.807) is 19.9 Å². The number of benzene rings is 2. The van der Waals surface area contributed by atoms with Crippen LogP contribution in [0.3, 0.4) is 0 Å². The first-order valence-corrected chi connectivity index (χ1v) is 9.77. The number of amides is 1. The molecule has 7 heteroatoms. The summed E-state index contributed by atoms with van der Waals surface area (Å²) in [5, 5.41) is 3.19. The van der Waals surface area contributed by atoms with Crippen LogP contribution in [-0.2, 0) is 0 Å². The van der Waals surface area contributed by atoms with Crippen molar-refractivity contribution in [2.24, 2.45) is 0 Å². The highest BCUT2D eigenvalue weighted by molar-refractivity contribution is 6.34. The summed E-state index contributed by atoms with van der Waals surface area (Å²) in [7, 11) is 0. The predicted octanol–water partition coefficient (Wildman–Crippen LogP) is 7.11. The van der Waals surface area contributed by atoms with Crippen LogP contribution in [0, 0.1) is 13.8 Å². The second-order valence-corrected chi connectivity index (χ2v) is 8.00. The van der Waals surface area contributed by atoms with Gasteiger partial charge in [-0.2, -0.15) is 13.2 Å². The molecule has 2 aromatic rings. The Morgan fingerprint density at radius 3 is 2.24 bits per heavy atom. The minimum absolute atomic E-state index is 0.0597. The van der Waals surface area contributed by atoms with Gasteiger partial charge in [0.05, 0.1) is 16.5 Å². The molecule has 0 aliphatic heterocycles. The number of nitrogens with one attached hydrogen (secondary N) is 1. The largest absolute Gasteiger partial charge is 0.399 e. The van der Waals surface area contributed by atoms with Gasteiger partial charge in [-0.15, -0.1) is 0 Å². The molecule has 1 atom stereocenters. The molecule has 0 saturated carbocycles. The maximum absolute atomic E-state index is 13.7. The average molecular weight is 444 g/mol. The van der Waals surface area contributed by atoms with Crippen LogP contribution in [0.5, 0.6) is 0 Å². The molecule has 0 heterocycles. The molecule has 0 saturated heterocycles. The van der Waals surface area contributed by atoms with Crippen LogP contribution < -0.4 is 5.32 Å². The lowest BCUT2D eigenvalue weighted by Crippen LogP contribution is -2.30. The summed E-state index contributed by atoms with van der Waals surface area (Å²) in [6, 6.07) is 7.30. The zero-order valence-corrected chi connectivity index (χ0v) is 18.0. The maximum atomic E-state index is 13.7. The Hall–Kier alpha value is -1.98.